The molecule has 6 rings (SSSR count). The van der Waals surface area contributed by atoms with Crippen molar-refractivity contribution in [3.8, 4) is 5.75 Å². The van der Waals surface area contributed by atoms with Crippen LogP contribution < -0.4 is 31.8 Å². The summed E-state index contributed by atoms with van der Waals surface area (Å²) in [5.74, 6) is -3.63. The van der Waals surface area contributed by atoms with Gasteiger partial charge < -0.3 is 26.0 Å². The lowest BCUT2D eigenvalue weighted by Gasteiger charge is -2.46. The number of carbonyl (C=O) groups is 3. The molecule has 9 N–H and O–H groups in total. The first-order valence-corrected chi connectivity index (χ1v) is 12.5. The maximum Gasteiger partial charge on any atom is 0.343 e. The molecule has 2 aromatic carbocycles. The van der Waals surface area contributed by atoms with E-state index in [1.54, 1.807) is 18.2 Å². The number of benzene rings is 2. The number of imide groups is 1. The van der Waals surface area contributed by atoms with Gasteiger partial charge in [-0.1, -0.05) is 30.3 Å². The lowest BCUT2D eigenvalue weighted by atomic mass is 9.84. The smallest absolute Gasteiger partial charge is 0.343 e. The summed E-state index contributed by atoms with van der Waals surface area (Å²) in [6.45, 7) is -0.255. The van der Waals surface area contributed by atoms with Crippen molar-refractivity contribution in [1.82, 2.24) is 20.4 Å². The van der Waals surface area contributed by atoms with Crippen LogP contribution in [0, 0.1) is 0 Å². The van der Waals surface area contributed by atoms with Gasteiger partial charge in [-0.2, -0.15) is 0 Å². The van der Waals surface area contributed by atoms with Crippen LogP contribution >= 0.6 is 0 Å². The molecule has 0 bridgehead atoms. The number of fused-ring (bicyclic) bond motifs is 1. The van der Waals surface area contributed by atoms with Crippen LogP contribution in [0.2, 0.25) is 0 Å². The Labute approximate surface area is 222 Å². The second-order valence-corrected chi connectivity index (χ2v) is 10.1. The second kappa shape index (κ2) is 8.54. The van der Waals surface area contributed by atoms with Crippen LogP contribution in [0.1, 0.15) is 23.2 Å². The number of rotatable bonds is 5. The van der Waals surface area contributed by atoms with Crippen LogP contribution in [-0.2, 0) is 9.59 Å². The second-order valence-electron chi connectivity index (χ2n) is 10.1. The third-order valence-corrected chi connectivity index (χ3v) is 8.05. The molecule has 0 radical (unpaired) electrons. The molecule has 0 aliphatic carbocycles. The van der Waals surface area contributed by atoms with Gasteiger partial charge in [0.15, 0.2) is 12.0 Å². The lowest BCUT2D eigenvalue weighted by Crippen LogP contribution is -2.90. The molecule has 4 heterocycles. The fraction of sp³-hybridized carbons (Fsp3) is 0.400. The molecule has 0 aromatic heterocycles. The Balaban J connectivity index is 1.35. The molecule has 3 amide bonds. The van der Waals surface area contributed by atoms with Gasteiger partial charge >= 0.3 is 5.96 Å². The van der Waals surface area contributed by atoms with Crippen LogP contribution in [-0.4, -0.2) is 99.4 Å². The van der Waals surface area contributed by atoms with Crippen molar-refractivity contribution in [1.29, 1.82) is 0 Å². The van der Waals surface area contributed by atoms with Crippen molar-refractivity contribution >= 4 is 40.4 Å². The molecule has 4 atom stereocenters. The summed E-state index contributed by atoms with van der Waals surface area (Å²) in [5.41, 5.74) is 10.9. The van der Waals surface area contributed by atoms with Gasteiger partial charge in [-0.05, 0) is 16.8 Å². The summed E-state index contributed by atoms with van der Waals surface area (Å²) in [5, 5.41) is 30.5. The average molecular weight is 538 g/mol. The van der Waals surface area contributed by atoms with Crippen LogP contribution in [0.3, 0.4) is 0 Å². The van der Waals surface area contributed by atoms with E-state index in [0.717, 1.165) is 10.3 Å². The molecule has 14 nitrogen and oxygen atoms in total. The normalized spacial score (nSPS) is 29.1. The molecule has 0 unspecified atom stereocenters. The van der Waals surface area contributed by atoms with E-state index in [9.17, 15) is 24.6 Å². The molecule has 0 saturated carbocycles. The van der Waals surface area contributed by atoms with Gasteiger partial charge in [-0.3, -0.25) is 34.9 Å². The van der Waals surface area contributed by atoms with Crippen molar-refractivity contribution in [2.24, 2.45) is 16.5 Å². The zero-order valence-electron chi connectivity index (χ0n) is 21.0. The summed E-state index contributed by atoms with van der Waals surface area (Å²) in [7, 11) is 1.45. The van der Waals surface area contributed by atoms with Gasteiger partial charge in [0.1, 0.15) is 17.8 Å². The zero-order valence-corrected chi connectivity index (χ0v) is 21.0. The van der Waals surface area contributed by atoms with Gasteiger partial charge in [-0.25, -0.2) is 10.3 Å². The van der Waals surface area contributed by atoms with E-state index in [4.69, 9.17) is 16.2 Å². The van der Waals surface area contributed by atoms with E-state index in [-0.39, 0.29) is 55.2 Å². The highest BCUT2D eigenvalue weighted by Crippen LogP contribution is 2.42. The van der Waals surface area contributed by atoms with Crippen molar-refractivity contribution in [3.05, 3.63) is 42.0 Å². The molecule has 4 aliphatic heterocycles. The van der Waals surface area contributed by atoms with Gasteiger partial charge in [0, 0.05) is 12.8 Å². The molecule has 14 heteroatoms. The summed E-state index contributed by atoms with van der Waals surface area (Å²) < 4.78 is 5.44. The van der Waals surface area contributed by atoms with E-state index >= 15 is 0 Å². The quantitative estimate of drug-likeness (QED) is 0.145. The zero-order chi connectivity index (χ0) is 27.7. The van der Waals surface area contributed by atoms with E-state index in [1.165, 1.54) is 12.0 Å². The number of aliphatic imine (C=N–C) groups is 1. The van der Waals surface area contributed by atoms with E-state index in [0.29, 0.717) is 11.1 Å². The topological polar surface area (TPSA) is 210 Å². The van der Waals surface area contributed by atoms with Crippen LogP contribution in [0.25, 0.3) is 10.8 Å². The highest BCUT2D eigenvalue weighted by atomic mass is 16.5. The number of aliphatic hydroxyl groups is 2. The molecule has 1 spiro atoms. The highest BCUT2D eigenvalue weighted by Gasteiger charge is 2.76. The molecule has 2 saturated heterocycles. The number of amides is 3. The first-order valence-electron chi connectivity index (χ1n) is 12.5. The molecule has 4 aliphatic rings. The van der Waals surface area contributed by atoms with E-state index in [1.807, 2.05) is 18.2 Å². The number of methoxy groups -OCH3 is 1. The Kier molecular flexibility index (Phi) is 5.45. The van der Waals surface area contributed by atoms with Crippen molar-refractivity contribution in [2.75, 3.05) is 20.2 Å². The number of hydrogen-bond donors (Lipinski definition) is 7. The maximum atomic E-state index is 13.6. The van der Waals surface area contributed by atoms with Crippen molar-refractivity contribution in [3.63, 3.8) is 0 Å². The number of nitrogens with one attached hydrogen (secondary N) is 3. The molecule has 39 heavy (non-hydrogen) atoms. The fourth-order valence-electron chi connectivity index (χ4n) is 6.22. The first kappa shape index (κ1) is 24.9. The summed E-state index contributed by atoms with van der Waals surface area (Å²) in [4.78, 5) is 48.2. The van der Waals surface area contributed by atoms with E-state index < -0.39 is 35.5 Å². The minimum Gasteiger partial charge on any atom is -0.496 e. The Bertz CT molecular complexity index is 1460. The number of nitrogens with two attached hydrogens (primary N) is 2. The van der Waals surface area contributed by atoms with Crippen LogP contribution in [0.4, 0.5) is 0 Å². The number of nitrogens with zero attached hydrogens (tertiary/aromatic N) is 3. The Morgan fingerprint density at radius 1 is 1.21 bits per heavy atom. The number of guanidine groups is 2. The third-order valence-electron chi connectivity index (χ3n) is 8.05. The SMILES string of the molecule is COc1ccc2ccccc2c1C(=O)N[C@H]1CN2C(N)=N[C@@H](CN3C(=O)CCC3=O)[C@@H]3[NH+]=C(N)N[C@@]32C1(O)O. The van der Waals surface area contributed by atoms with Crippen molar-refractivity contribution < 1.29 is 34.3 Å². The monoisotopic (exact) mass is 537 g/mol. The predicted molar refractivity (Wildman–Crippen MR) is 137 cm³/mol. The number of likely N-dealkylation sites (tertiary alicyclic amines) is 1. The molecular formula is C25H29N8O6+. The minimum atomic E-state index is -2.64. The van der Waals surface area contributed by atoms with Crippen LogP contribution in [0.5, 0.6) is 5.75 Å². The Morgan fingerprint density at radius 2 is 1.92 bits per heavy atom. The molecule has 2 fully saturated rings. The van der Waals surface area contributed by atoms with Gasteiger partial charge in [0.2, 0.25) is 17.6 Å². The fourth-order valence-corrected chi connectivity index (χ4v) is 6.22. The largest absolute Gasteiger partial charge is 0.496 e. The number of hydrogen-bond acceptors (Lipinski definition) is 11. The van der Waals surface area contributed by atoms with Gasteiger partial charge in [0.25, 0.3) is 11.6 Å². The standard InChI is InChI=1S/C25H28N8O6/c1-39-15-7-6-12-4-2-3-5-13(12)19(15)21(36)29-16-11-33-23(27)28-14(10-32-17(34)8-9-18(32)35)20-24(33,25(16,37)38)31-22(26)30-20/h2-7,14,16,20,37-38H,8-11H2,1H3,(H2,27,28)(H,29,36)(H3,26,30,31)/p+1/t14-,16-,20-,24-/m0/s1. The highest BCUT2D eigenvalue weighted by molar-refractivity contribution is 6.09. The van der Waals surface area contributed by atoms with Gasteiger partial charge in [0.05, 0.1) is 25.8 Å². The maximum absolute atomic E-state index is 13.6. The molecule has 204 valence electrons. The summed E-state index contributed by atoms with van der Waals surface area (Å²) >= 11 is 0. The summed E-state index contributed by atoms with van der Waals surface area (Å²) in [6, 6.07) is 7.72. The predicted octanol–water partition coefficient (Wildman–Crippen LogP) is -4.15. The van der Waals surface area contributed by atoms with Gasteiger partial charge in [-0.15, -0.1) is 0 Å². The Hall–Kier alpha value is -4.43. The van der Waals surface area contributed by atoms with Crippen molar-refractivity contribution in [2.45, 2.75) is 42.4 Å². The number of ether oxygens (including phenoxy) is 1. The van der Waals surface area contributed by atoms with Crippen LogP contribution in [0.15, 0.2) is 41.4 Å². The Morgan fingerprint density at radius 3 is 2.64 bits per heavy atom. The number of carbonyl (C=O) groups excluding carboxylic acids is 3. The lowest BCUT2D eigenvalue weighted by molar-refractivity contribution is -0.521. The third kappa shape index (κ3) is 3.44. The molecule has 2 aromatic rings. The average Bonchev–Trinajstić information content (AvgIpc) is 3.50. The minimum absolute atomic E-state index is 0.0224. The molecular weight excluding hydrogens is 508 g/mol. The van der Waals surface area contributed by atoms with E-state index in [2.05, 4.69) is 20.6 Å². The summed E-state index contributed by atoms with van der Waals surface area (Å²) in [6.07, 6.45) is 0.199. The first-order chi connectivity index (χ1) is 18.6.